The van der Waals surface area contributed by atoms with E-state index in [-0.39, 0.29) is 22.8 Å². The summed E-state index contributed by atoms with van der Waals surface area (Å²) >= 11 is 5.88. The molecule has 7 nitrogen and oxygen atoms in total. The second-order valence-electron chi connectivity index (χ2n) is 7.00. The predicted molar refractivity (Wildman–Crippen MR) is 125 cm³/mol. The number of carbonyl (C=O) groups excluding carboxylic acids is 2. The van der Waals surface area contributed by atoms with Gasteiger partial charge in [-0.2, -0.15) is 5.10 Å². The van der Waals surface area contributed by atoms with Crippen LogP contribution < -0.4 is 10.2 Å². The van der Waals surface area contributed by atoms with E-state index in [0.717, 1.165) is 16.8 Å². The quantitative estimate of drug-likeness (QED) is 0.170. The lowest BCUT2D eigenvalue weighted by Crippen LogP contribution is -2.18. The minimum Gasteiger partial charge on any atom is -0.508 e. The summed E-state index contributed by atoms with van der Waals surface area (Å²) < 4.78 is 5.60. The van der Waals surface area contributed by atoms with E-state index < -0.39 is 11.9 Å². The SMILES string of the molecule is O=C(Oc1ccc2ccccc2c1/C=N\NC(=O)c1ccc(O)cc1O)c1ccc(Cl)cc1. The van der Waals surface area contributed by atoms with Crippen molar-refractivity contribution in [3.8, 4) is 17.2 Å². The Morgan fingerprint density at radius 3 is 2.45 bits per heavy atom. The number of fused-ring (bicyclic) bond motifs is 1. The first-order chi connectivity index (χ1) is 15.9. The first kappa shape index (κ1) is 21.9. The van der Waals surface area contributed by atoms with Gasteiger partial charge in [-0.15, -0.1) is 0 Å². The van der Waals surface area contributed by atoms with Gasteiger partial charge in [0, 0.05) is 16.7 Å². The van der Waals surface area contributed by atoms with Gasteiger partial charge in [0.05, 0.1) is 17.3 Å². The van der Waals surface area contributed by atoms with Gasteiger partial charge in [-0.05, 0) is 53.2 Å². The Kier molecular flexibility index (Phi) is 6.24. The number of rotatable bonds is 5. The van der Waals surface area contributed by atoms with Gasteiger partial charge in [-0.25, -0.2) is 10.2 Å². The lowest BCUT2D eigenvalue weighted by Gasteiger charge is -2.11. The zero-order valence-electron chi connectivity index (χ0n) is 17.0. The Bertz CT molecular complexity index is 1380. The molecule has 4 rings (SSSR count). The largest absolute Gasteiger partial charge is 0.508 e. The van der Waals surface area contributed by atoms with E-state index in [1.807, 2.05) is 30.3 Å². The molecule has 33 heavy (non-hydrogen) atoms. The molecule has 0 heterocycles. The van der Waals surface area contributed by atoms with E-state index >= 15 is 0 Å². The highest BCUT2D eigenvalue weighted by Crippen LogP contribution is 2.28. The summed E-state index contributed by atoms with van der Waals surface area (Å²) in [5.41, 5.74) is 3.07. The number of carbonyl (C=O) groups is 2. The Morgan fingerprint density at radius 1 is 0.939 bits per heavy atom. The maximum absolute atomic E-state index is 12.6. The summed E-state index contributed by atoms with van der Waals surface area (Å²) in [6, 6.07) is 20.8. The van der Waals surface area contributed by atoms with Gasteiger partial charge in [-0.3, -0.25) is 4.79 Å². The molecule has 0 fully saturated rings. The molecule has 0 atom stereocenters. The summed E-state index contributed by atoms with van der Waals surface area (Å²) in [6.45, 7) is 0. The van der Waals surface area contributed by atoms with Crippen LogP contribution in [0.5, 0.6) is 17.2 Å². The van der Waals surface area contributed by atoms with Crippen LogP contribution in [0.25, 0.3) is 10.8 Å². The van der Waals surface area contributed by atoms with Crippen molar-refractivity contribution in [2.24, 2.45) is 5.10 Å². The number of halogens is 1. The fourth-order valence-electron chi connectivity index (χ4n) is 3.17. The average Bonchev–Trinajstić information content (AvgIpc) is 2.80. The number of amides is 1. The summed E-state index contributed by atoms with van der Waals surface area (Å²) in [7, 11) is 0. The first-order valence-electron chi connectivity index (χ1n) is 9.77. The van der Waals surface area contributed by atoms with Crippen LogP contribution in [0.2, 0.25) is 5.02 Å². The van der Waals surface area contributed by atoms with Gasteiger partial charge in [0.25, 0.3) is 5.91 Å². The molecule has 0 unspecified atom stereocenters. The van der Waals surface area contributed by atoms with Gasteiger partial charge in [-0.1, -0.05) is 41.9 Å². The topological polar surface area (TPSA) is 108 Å². The number of phenols is 2. The molecule has 0 aliphatic heterocycles. The average molecular weight is 461 g/mol. The van der Waals surface area contributed by atoms with Crippen LogP contribution in [0, 0.1) is 0 Å². The Morgan fingerprint density at radius 2 is 1.70 bits per heavy atom. The third-order valence-corrected chi connectivity index (χ3v) is 5.05. The monoisotopic (exact) mass is 460 g/mol. The fraction of sp³-hybridized carbons (Fsp3) is 0. The summed E-state index contributed by atoms with van der Waals surface area (Å²) in [5, 5.41) is 25.3. The molecular weight excluding hydrogens is 444 g/mol. The van der Waals surface area contributed by atoms with Crippen molar-refractivity contribution in [1.82, 2.24) is 5.43 Å². The minimum atomic E-state index is -0.677. The summed E-state index contributed by atoms with van der Waals surface area (Å²) in [5.74, 6) is -1.56. The van der Waals surface area contributed by atoms with Crippen LogP contribution in [0.4, 0.5) is 0 Å². The molecule has 0 saturated heterocycles. The van der Waals surface area contributed by atoms with Crippen molar-refractivity contribution in [3.63, 3.8) is 0 Å². The van der Waals surface area contributed by atoms with E-state index in [1.165, 1.54) is 18.3 Å². The third kappa shape index (κ3) is 4.94. The van der Waals surface area contributed by atoms with E-state index in [0.29, 0.717) is 16.1 Å². The Labute approximate surface area is 193 Å². The van der Waals surface area contributed by atoms with E-state index in [4.69, 9.17) is 16.3 Å². The maximum Gasteiger partial charge on any atom is 0.343 e. The Balaban J connectivity index is 1.63. The molecule has 0 radical (unpaired) electrons. The number of benzene rings is 4. The van der Waals surface area contributed by atoms with Crippen LogP contribution in [0.1, 0.15) is 26.3 Å². The first-order valence-corrected chi connectivity index (χ1v) is 10.1. The van der Waals surface area contributed by atoms with Crippen molar-refractivity contribution in [2.75, 3.05) is 0 Å². The van der Waals surface area contributed by atoms with Crippen LogP contribution in [0.15, 0.2) is 84.0 Å². The number of hydrogen-bond acceptors (Lipinski definition) is 6. The number of nitrogens with zero attached hydrogens (tertiary/aromatic N) is 1. The second kappa shape index (κ2) is 9.42. The zero-order chi connectivity index (χ0) is 23.4. The molecule has 0 saturated carbocycles. The maximum atomic E-state index is 12.6. The van der Waals surface area contributed by atoms with Gasteiger partial charge >= 0.3 is 5.97 Å². The highest BCUT2D eigenvalue weighted by atomic mass is 35.5. The third-order valence-electron chi connectivity index (χ3n) is 4.80. The van der Waals surface area contributed by atoms with Crippen molar-refractivity contribution < 1.29 is 24.5 Å². The van der Waals surface area contributed by atoms with E-state index in [2.05, 4.69) is 10.5 Å². The van der Waals surface area contributed by atoms with Crippen LogP contribution in [-0.2, 0) is 0 Å². The predicted octanol–water partition coefficient (Wildman–Crippen LogP) is 4.89. The highest BCUT2D eigenvalue weighted by molar-refractivity contribution is 6.30. The summed E-state index contributed by atoms with van der Waals surface area (Å²) in [4.78, 5) is 25.0. The molecule has 0 spiro atoms. The molecule has 0 aromatic heterocycles. The number of aromatic hydroxyl groups is 2. The van der Waals surface area contributed by atoms with Crippen LogP contribution in [-0.4, -0.2) is 28.3 Å². The number of esters is 1. The molecule has 0 bridgehead atoms. The number of phenolic OH excluding ortho intramolecular Hbond substituents is 2. The van der Waals surface area contributed by atoms with Crippen molar-refractivity contribution >= 4 is 40.5 Å². The van der Waals surface area contributed by atoms with Crippen molar-refractivity contribution in [2.45, 2.75) is 0 Å². The van der Waals surface area contributed by atoms with Crippen molar-refractivity contribution in [1.29, 1.82) is 0 Å². The molecule has 1 amide bonds. The van der Waals surface area contributed by atoms with Gasteiger partial charge in [0.15, 0.2) is 0 Å². The number of hydrazone groups is 1. The normalized spacial score (nSPS) is 10.9. The number of nitrogens with one attached hydrogen (secondary N) is 1. The van der Waals surface area contributed by atoms with E-state index in [9.17, 15) is 19.8 Å². The highest BCUT2D eigenvalue weighted by Gasteiger charge is 2.14. The standard InChI is InChI=1S/C25H17ClN2O5/c26-17-8-5-16(6-9-17)25(32)33-23-12-7-15-3-1-2-4-19(15)21(23)14-27-28-24(31)20-11-10-18(29)13-22(20)30/h1-14,29-30H,(H,28,31)/b27-14-. The zero-order valence-corrected chi connectivity index (χ0v) is 17.8. The lowest BCUT2D eigenvalue weighted by atomic mass is 10.0. The van der Waals surface area contributed by atoms with Crippen molar-refractivity contribution in [3.05, 3.63) is 101 Å². The summed E-state index contributed by atoms with van der Waals surface area (Å²) in [6.07, 6.45) is 1.36. The molecular formula is C25H17ClN2O5. The van der Waals surface area contributed by atoms with Gasteiger partial charge in [0.2, 0.25) is 0 Å². The molecule has 3 N–H and O–H groups in total. The second-order valence-corrected chi connectivity index (χ2v) is 7.43. The number of ether oxygens (including phenoxy) is 1. The van der Waals surface area contributed by atoms with Crippen LogP contribution >= 0.6 is 11.6 Å². The van der Waals surface area contributed by atoms with Crippen LogP contribution in [0.3, 0.4) is 0 Å². The van der Waals surface area contributed by atoms with Gasteiger partial charge in [0.1, 0.15) is 17.2 Å². The smallest absolute Gasteiger partial charge is 0.343 e. The lowest BCUT2D eigenvalue weighted by molar-refractivity contribution is 0.0734. The molecule has 164 valence electrons. The Hall–Kier alpha value is -4.36. The molecule has 4 aromatic carbocycles. The molecule has 0 aliphatic carbocycles. The van der Waals surface area contributed by atoms with E-state index in [1.54, 1.807) is 30.3 Å². The molecule has 0 aliphatic rings. The number of hydrogen-bond donors (Lipinski definition) is 3. The fourth-order valence-corrected chi connectivity index (χ4v) is 3.30. The molecule has 8 heteroatoms. The molecule has 4 aromatic rings. The van der Waals surface area contributed by atoms with Gasteiger partial charge < -0.3 is 14.9 Å². The minimum absolute atomic E-state index is 0.0581.